The summed E-state index contributed by atoms with van der Waals surface area (Å²) in [6, 6.07) is 0. The molecule has 0 bridgehead atoms. The molecule has 1 unspecified atom stereocenters. The van der Waals surface area contributed by atoms with Crippen molar-refractivity contribution in [3.63, 3.8) is 0 Å². The molecule has 0 aliphatic heterocycles. The van der Waals surface area contributed by atoms with E-state index in [1.165, 1.54) is 64.2 Å². The van der Waals surface area contributed by atoms with E-state index in [1.54, 1.807) is 0 Å². The minimum Gasteiger partial charge on any atom is -0.299 e. The number of carbonyl (C=O) groups is 1. The Morgan fingerprint density at radius 1 is 0.905 bits per heavy atom. The highest BCUT2D eigenvalue weighted by Crippen LogP contribution is 2.30. The molecule has 1 radical (unpaired) electrons. The van der Waals surface area contributed by atoms with Gasteiger partial charge in [-0.05, 0) is 31.1 Å². The Bertz CT molecular complexity index is 312. The molecule has 0 aromatic rings. The normalized spacial score (nSPS) is 22.3. The molecular formula is C19H31O2. The van der Waals surface area contributed by atoms with Crippen LogP contribution in [0.2, 0.25) is 0 Å². The molecule has 0 N–H and O–H groups in total. The average Bonchev–Trinajstić information content (AvgIpc) is 3.02. The predicted molar refractivity (Wildman–Crippen MR) is 85.8 cm³/mol. The molecule has 0 aromatic heterocycles. The highest BCUT2D eigenvalue weighted by molar-refractivity contribution is 5.93. The van der Waals surface area contributed by atoms with Crippen LogP contribution in [-0.4, -0.2) is 12.1 Å². The SMILES string of the molecule is O=[C]C(CCC1CCCC1)C(=O)CCCC1CCCCC1. The van der Waals surface area contributed by atoms with Gasteiger partial charge < -0.3 is 0 Å². The van der Waals surface area contributed by atoms with Crippen molar-refractivity contribution in [3.05, 3.63) is 0 Å². The van der Waals surface area contributed by atoms with Crippen molar-refractivity contribution >= 4 is 12.1 Å². The van der Waals surface area contributed by atoms with Gasteiger partial charge >= 0.3 is 0 Å². The summed E-state index contributed by atoms with van der Waals surface area (Å²) < 4.78 is 0. The van der Waals surface area contributed by atoms with Crippen LogP contribution in [0.3, 0.4) is 0 Å². The van der Waals surface area contributed by atoms with E-state index >= 15 is 0 Å². The van der Waals surface area contributed by atoms with Crippen molar-refractivity contribution in [2.75, 3.05) is 0 Å². The minimum atomic E-state index is -0.433. The molecule has 0 amide bonds. The summed E-state index contributed by atoms with van der Waals surface area (Å²) in [5.74, 6) is 1.32. The molecule has 2 rings (SSSR count). The highest BCUT2D eigenvalue weighted by Gasteiger charge is 2.22. The van der Waals surface area contributed by atoms with Gasteiger partial charge in [0, 0.05) is 6.42 Å². The van der Waals surface area contributed by atoms with Gasteiger partial charge in [0.2, 0.25) is 6.29 Å². The molecule has 0 saturated heterocycles. The number of Topliss-reactive ketones (excluding diaryl/α,β-unsaturated/α-hetero) is 1. The van der Waals surface area contributed by atoms with Gasteiger partial charge in [-0.15, -0.1) is 0 Å². The molecule has 2 saturated carbocycles. The van der Waals surface area contributed by atoms with Crippen molar-refractivity contribution in [2.45, 2.75) is 89.9 Å². The van der Waals surface area contributed by atoms with Crippen LogP contribution in [-0.2, 0) is 9.59 Å². The molecule has 0 spiro atoms. The number of ketones is 1. The third kappa shape index (κ3) is 5.92. The second kappa shape index (κ2) is 9.38. The van der Waals surface area contributed by atoms with Crippen LogP contribution in [0.25, 0.3) is 0 Å². The smallest absolute Gasteiger partial charge is 0.209 e. The summed E-state index contributed by atoms with van der Waals surface area (Å²) in [5, 5.41) is 0. The fourth-order valence-electron chi connectivity index (χ4n) is 4.20. The molecule has 2 nitrogen and oxygen atoms in total. The van der Waals surface area contributed by atoms with Gasteiger partial charge in [0.1, 0.15) is 5.78 Å². The largest absolute Gasteiger partial charge is 0.299 e. The maximum atomic E-state index is 12.2. The Balaban J connectivity index is 1.61. The van der Waals surface area contributed by atoms with E-state index in [0.29, 0.717) is 6.42 Å². The summed E-state index contributed by atoms with van der Waals surface area (Å²) >= 11 is 0. The summed E-state index contributed by atoms with van der Waals surface area (Å²) in [7, 11) is 0. The summed E-state index contributed by atoms with van der Waals surface area (Å²) in [6.45, 7) is 0. The highest BCUT2D eigenvalue weighted by atomic mass is 16.1. The maximum absolute atomic E-state index is 12.2. The standard InChI is InChI=1S/C19H31O2/c20-15-18(14-13-17-9-4-5-10-17)19(21)12-6-11-16-7-2-1-3-8-16/h16-18H,1-14H2. The Labute approximate surface area is 130 Å². The van der Waals surface area contributed by atoms with Gasteiger partial charge in [0.25, 0.3) is 0 Å². The third-order valence-corrected chi connectivity index (χ3v) is 5.63. The molecule has 2 aliphatic rings. The lowest BCUT2D eigenvalue weighted by molar-refractivity contribution is -0.121. The van der Waals surface area contributed by atoms with E-state index < -0.39 is 5.92 Å². The zero-order chi connectivity index (χ0) is 14.9. The van der Waals surface area contributed by atoms with Crippen molar-refractivity contribution in [3.8, 4) is 0 Å². The van der Waals surface area contributed by atoms with Gasteiger partial charge in [-0.2, -0.15) is 0 Å². The average molecular weight is 291 g/mol. The first-order valence-electron chi connectivity index (χ1n) is 9.20. The van der Waals surface area contributed by atoms with Crippen LogP contribution in [0.4, 0.5) is 0 Å². The molecule has 2 fully saturated rings. The zero-order valence-electron chi connectivity index (χ0n) is 13.4. The summed E-state index contributed by atoms with van der Waals surface area (Å²) in [6.07, 6.45) is 18.6. The summed E-state index contributed by atoms with van der Waals surface area (Å²) in [4.78, 5) is 23.2. The van der Waals surface area contributed by atoms with E-state index in [0.717, 1.165) is 31.1 Å². The number of rotatable bonds is 9. The molecule has 21 heavy (non-hydrogen) atoms. The van der Waals surface area contributed by atoms with Crippen LogP contribution in [0.1, 0.15) is 89.9 Å². The van der Waals surface area contributed by atoms with E-state index in [-0.39, 0.29) is 5.78 Å². The van der Waals surface area contributed by atoms with Gasteiger partial charge in [0.05, 0.1) is 5.92 Å². The van der Waals surface area contributed by atoms with Crippen LogP contribution in [0.5, 0.6) is 0 Å². The summed E-state index contributed by atoms with van der Waals surface area (Å²) in [5.41, 5.74) is 0. The number of carbonyl (C=O) groups excluding carboxylic acids is 2. The Hall–Kier alpha value is -0.660. The van der Waals surface area contributed by atoms with Gasteiger partial charge in [-0.25, -0.2) is 0 Å². The minimum absolute atomic E-state index is 0.152. The second-order valence-corrected chi connectivity index (χ2v) is 7.26. The quantitative estimate of drug-likeness (QED) is 0.560. The maximum Gasteiger partial charge on any atom is 0.209 e. The van der Waals surface area contributed by atoms with Gasteiger partial charge in [0.15, 0.2) is 0 Å². The fraction of sp³-hybridized carbons (Fsp3) is 0.895. The van der Waals surface area contributed by atoms with E-state index in [4.69, 9.17) is 0 Å². The number of hydrogen-bond acceptors (Lipinski definition) is 2. The molecule has 2 aliphatic carbocycles. The molecule has 119 valence electrons. The first kappa shape index (κ1) is 16.7. The molecule has 0 heterocycles. The Morgan fingerprint density at radius 2 is 1.48 bits per heavy atom. The molecule has 1 atom stereocenters. The van der Waals surface area contributed by atoms with Gasteiger partial charge in [-0.3, -0.25) is 9.59 Å². The van der Waals surface area contributed by atoms with Crippen LogP contribution in [0, 0.1) is 17.8 Å². The molecule has 2 heteroatoms. The topological polar surface area (TPSA) is 34.1 Å². The first-order valence-corrected chi connectivity index (χ1v) is 9.20. The fourth-order valence-corrected chi connectivity index (χ4v) is 4.20. The molecule has 0 aromatic carbocycles. The number of hydrogen-bond donors (Lipinski definition) is 0. The second-order valence-electron chi connectivity index (χ2n) is 7.26. The lowest BCUT2D eigenvalue weighted by atomic mass is 9.84. The monoisotopic (exact) mass is 291 g/mol. The van der Waals surface area contributed by atoms with E-state index in [9.17, 15) is 9.59 Å². The van der Waals surface area contributed by atoms with Crippen LogP contribution < -0.4 is 0 Å². The van der Waals surface area contributed by atoms with Crippen molar-refractivity contribution in [1.29, 1.82) is 0 Å². The zero-order valence-corrected chi connectivity index (χ0v) is 13.4. The Kier molecular flexibility index (Phi) is 7.46. The van der Waals surface area contributed by atoms with E-state index in [1.807, 2.05) is 6.29 Å². The van der Waals surface area contributed by atoms with Crippen molar-refractivity contribution < 1.29 is 9.59 Å². The Morgan fingerprint density at radius 3 is 2.10 bits per heavy atom. The first-order chi connectivity index (χ1) is 10.3. The lowest BCUT2D eigenvalue weighted by Gasteiger charge is -2.21. The predicted octanol–water partition coefficient (Wildman–Crippen LogP) is 5.00. The van der Waals surface area contributed by atoms with Crippen molar-refractivity contribution in [1.82, 2.24) is 0 Å². The van der Waals surface area contributed by atoms with Crippen LogP contribution >= 0.6 is 0 Å². The molecular weight excluding hydrogens is 260 g/mol. The van der Waals surface area contributed by atoms with Gasteiger partial charge in [-0.1, -0.05) is 64.2 Å². The third-order valence-electron chi connectivity index (χ3n) is 5.63. The van der Waals surface area contributed by atoms with Crippen molar-refractivity contribution in [2.24, 2.45) is 17.8 Å². The van der Waals surface area contributed by atoms with Crippen LogP contribution in [0.15, 0.2) is 0 Å². The van der Waals surface area contributed by atoms with E-state index in [2.05, 4.69) is 0 Å². The lowest BCUT2D eigenvalue weighted by Crippen LogP contribution is -2.17.